The van der Waals surface area contributed by atoms with Gasteiger partial charge in [-0.15, -0.1) is 0 Å². The number of para-hydroxylation sites is 2. The maximum absolute atomic E-state index is 2.36. The van der Waals surface area contributed by atoms with Gasteiger partial charge in [0.25, 0.3) is 0 Å². The van der Waals surface area contributed by atoms with Crippen molar-refractivity contribution in [1.82, 2.24) is 0 Å². The fourth-order valence-corrected chi connectivity index (χ4v) is 6.52. The van der Waals surface area contributed by atoms with Crippen LogP contribution in [0, 0.1) is 0 Å². The van der Waals surface area contributed by atoms with Crippen LogP contribution in [0.4, 0.5) is 17.1 Å². The molecule has 0 saturated heterocycles. The average Bonchev–Trinajstić information content (AvgIpc) is 3.13. The second kappa shape index (κ2) is 11.6. The molecular formula is C44H31N. The summed E-state index contributed by atoms with van der Waals surface area (Å²) in [4.78, 5) is 2.30. The van der Waals surface area contributed by atoms with Crippen molar-refractivity contribution >= 4 is 38.6 Å². The van der Waals surface area contributed by atoms with Crippen LogP contribution in [-0.4, -0.2) is 0 Å². The Morgan fingerprint density at radius 2 is 0.822 bits per heavy atom. The third kappa shape index (κ3) is 5.05. The first-order valence-electron chi connectivity index (χ1n) is 15.4. The summed E-state index contributed by atoms with van der Waals surface area (Å²) in [5.74, 6) is 0. The first-order chi connectivity index (χ1) is 22.3. The van der Waals surface area contributed by atoms with Gasteiger partial charge in [0.15, 0.2) is 0 Å². The van der Waals surface area contributed by atoms with Crippen molar-refractivity contribution in [3.05, 3.63) is 188 Å². The van der Waals surface area contributed by atoms with Crippen LogP contribution in [0.3, 0.4) is 0 Å². The minimum Gasteiger partial charge on any atom is -0.311 e. The Balaban J connectivity index is 1.25. The van der Waals surface area contributed by atoms with Gasteiger partial charge in [0.05, 0.1) is 0 Å². The summed E-state index contributed by atoms with van der Waals surface area (Å²) < 4.78 is 0. The first-order valence-corrected chi connectivity index (χ1v) is 15.4. The van der Waals surface area contributed by atoms with Gasteiger partial charge in [-0.3, -0.25) is 0 Å². The van der Waals surface area contributed by atoms with Crippen LogP contribution in [0.25, 0.3) is 54.9 Å². The average molecular weight is 574 g/mol. The zero-order valence-corrected chi connectivity index (χ0v) is 24.8. The fourth-order valence-electron chi connectivity index (χ4n) is 6.52. The highest BCUT2D eigenvalue weighted by Crippen LogP contribution is 2.42. The van der Waals surface area contributed by atoms with E-state index in [1.54, 1.807) is 0 Å². The molecule has 8 aromatic rings. The summed E-state index contributed by atoms with van der Waals surface area (Å²) in [5, 5.41) is 5.10. The number of hydrogen-bond acceptors (Lipinski definition) is 1. The zero-order valence-electron chi connectivity index (χ0n) is 24.8. The van der Waals surface area contributed by atoms with Crippen molar-refractivity contribution in [3.8, 4) is 33.4 Å². The third-order valence-corrected chi connectivity index (χ3v) is 8.63. The normalized spacial score (nSPS) is 11.1. The van der Waals surface area contributed by atoms with Crippen molar-refractivity contribution in [1.29, 1.82) is 0 Å². The van der Waals surface area contributed by atoms with E-state index < -0.39 is 0 Å². The first kappa shape index (κ1) is 26.7. The molecule has 212 valence electrons. The van der Waals surface area contributed by atoms with Crippen LogP contribution in [0.2, 0.25) is 0 Å². The second-order valence-corrected chi connectivity index (χ2v) is 11.4. The number of rotatable bonds is 6. The van der Waals surface area contributed by atoms with Gasteiger partial charge in [-0.2, -0.15) is 0 Å². The number of fused-ring (bicyclic) bond motifs is 3. The molecule has 0 spiro atoms. The van der Waals surface area contributed by atoms with E-state index in [4.69, 9.17) is 0 Å². The minimum atomic E-state index is 1.13. The molecule has 0 amide bonds. The lowest BCUT2D eigenvalue weighted by atomic mass is 9.87. The molecule has 8 rings (SSSR count). The van der Waals surface area contributed by atoms with Gasteiger partial charge < -0.3 is 4.90 Å². The maximum atomic E-state index is 2.36. The van der Waals surface area contributed by atoms with Gasteiger partial charge in [-0.1, -0.05) is 140 Å². The van der Waals surface area contributed by atoms with Gasteiger partial charge >= 0.3 is 0 Å². The van der Waals surface area contributed by atoms with Crippen LogP contribution < -0.4 is 4.90 Å². The summed E-state index contributed by atoms with van der Waals surface area (Å²) in [5.41, 5.74) is 10.7. The molecule has 8 aromatic carbocycles. The van der Waals surface area contributed by atoms with Crippen molar-refractivity contribution in [2.75, 3.05) is 4.90 Å². The second-order valence-electron chi connectivity index (χ2n) is 11.4. The summed E-state index contributed by atoms with van der Waals surface area (Å²) in [6.45, 7) is 0. The van der Waals surface area contributed by atoms with Crippen LogP contribution in [-0.2, 0) is 0 Å². The molecule has 0 aliphatic rings. The lowest BCUT2D eigenvalue weighted by Gasteiger charge is -2.25. The van der Waals surface area contributed by atoms with E-state index in [9.17, 15) is 0 Å². The molecule has 1 heteroatoms. The highest BCUT2D eigenvalue weighted by Gasteiger charge is 2.15. The van der Waals surface area contributed by atoms with E-state index in [2.05, 4.69) is 193 Å². The molecule has 0 aliphatic carbocycles. The molecule has 1 nitrogen and oxygen atoms in total. The SMILES string of the molecule is c1ccc(-c2cccc3c2c(-c2cccc(-c4ccc(N(c5ccccc5)c5ccccc5)cc4)c2)cc2ccccc23)cc1. The number of nitrogens with zero attached hydrogens (tertiary/aromatic N) is 1. The lowest BCUT2D eigenvalue weighted by molar-refractivity contribution is 1.28. The largest absolute Gasteiger partial charge is 0.311 e. The lowest BCUT2D eigenvalue weighted by Crippen LogP contribution is -2.09. The Morgan fingerprint density at radius 1 is 0.289 bits per heavy atom. The van der Waals surface area contributed by atoms with E-state index >= 15 is 0 Å². The standard InChI is InChI=1S/C44H31N/c1-4-14-33(15-5-1)41-24-13-25-42-40-23-11-10-16-36(40)31-43(44(41)42)35-18-12-17-34(30-35)32-26-28-39(29-27-32)45(37-19-6-2-7-20-37)38-21-8-3-9-22-38/h1-31H. The van der Waals surface area contributed by atoms with E-state index in [1.807, 2.05) is 0 Å². The van der Waals surface area contributed by atoms with E-state index in [0.29, 0.717) is 0 Å². The highest BCUT2D eigenvalue weighted by atomic mass is 15.1. The zero-order chi connectivity index (χ0) is 30.0. The molecule has 0 aliphatic heterocycles. The third-order valence-electron chi connectivity index (χ3n) is 8.63. The summed E-state index contributed by atoms with van der Waals surface area (Å²) in [6.07, 6.45) is 0. The molecule has 0 atom stereocenters. The Labute approximate surface area is 264 Å². The molecule has 0 fully saturated rings. The van der Waals surface area contributed by atoms with Crippen LogP contribution in [0.1, 0.15) is 0 Å². The Bertz CT molecular complexity index is 2200. The predicted molar refractivity (Wildman–Crippen MR) is 192 cm³/mol. The van der Waals surface area contributed by atoms with Crippen molar-refractivity contribution < 1.29 is 0 Å². The summed E-state index contributed by atoms with van der Waals surface area (Å²) >= 11 is 0. The van der Waals surface area contributed by atoms with Gasteiger partial charge in [-0.25, -0.2) is 0 Å². The van der Waals surface area contributed by atoms with Gasteiger partial charge in [-0.05, 0) is 103 Å². The van der Waals surface area contributed by atoms with Crippen LogP contribution in [0.5, 0.6) is 0 Å². The summed E-state index contributed by atoms with van der Waals surface area (Å²) in [6, 6.07) is 67.5. The Kier molecular flexibility index (Phi) is 6.90. The molecule has 0 unspecified atom stereocenters. The molecule has 0 N–H and O–H groups in total. The van der Waals surface area contributed by atoms with Crippen LogP contribution in [0.15, 0.2) is 188 Å². The molecule has 0 saturated carbocycles. The van der Waals surface area contributed by atoms with Crippen molar-refractivity contribution in [2.24, 2.45) is 0 Å². The van der Waals surface area contributed by atoms with E-state index in [-0.39, 0.29) is 0 Å². The van der Waals surface area contributed by atoms with Crippen molar-refractivity contribution in [3.63, 3.8) is 0 Å². The van der Waals surface area contributed by atoms with E-state index in [0.717, 1.165) is 17.1 Å². The smallest absolute Gasteiger partial charge is 0.0462 e. The van der Waals surface area contributed by atoms with Gasteiger partial charge in [0, 0.05) is 17.1 Å². The predicted octanol–water partition coefficient (Wildman–Crippen LogP) is 12.5. The van der Waals surface area contributed by atoms with Gasteiger partial charge in [0.2, 0.25) is 0 Å². The van der Waals surface area contributed by atoms with Crippen molar-refractivity contribution in [2.45, 2.75) is 0 Å². The minimum absolute atomic E-state index is 1.13. The number of hydrogen-bond donors (Lipinski definition) is 0. The quantitative estimate of drug-likeness (QED) is 0.179. The Morgan fingerprint density at radius 3 is 1.53 bits per heavy atom. The molecule has 0 aromatic heterocycles. The molecular weight excluding hydrogens is 542 g/mol. The molecule has 45 heavy (non-hydrogen) atoms. The highest BCUT2D eigenvalue weighted by molar-refractivity contribution is 6.18. The summed E-state index contributed by atoms with van der Waals surface area (Å²) in [7, 11) is 0. The Hall–Kier alpha value is -5.92. The van der Waals surface area contributed by atoms with E-state index in [1.165, 1.54) is 54.9 Å². The molecule has 0 heterocycles. The topological polar surface area (TPSA) is 3.24 Å². The molecule has 0 bridgehead atoms. The number of benzene rings is 8. The van der Waals surface area contributed by atoms with Gasteiger partial charge in [0.1, 0.15) is 0 Å². The monoisotopic (exact) mass is 573 g/mol. The maximum Gasteiger partial charge on any atom is 0.0462 e. The number of anilines is 3. The fraction of sp³-hybridized carbons (Fsp3) is 0. The molecule has 0 radical (unpaired) electrons. The van der Waals surface area contributed by atoms with Crippen LogP contribution >= 0.6 is 0 Å².